The summed E-state index contributed by atoms with van der Waals surface area (Å²) in [4.78, 5) is 14.3. The van der Waals surface area contributed by atoms with Crippen LogP contribution in [0.5, 0.6) is 0 Å². The summed E-state index contributed by atoms with van der Waals surface area (Å²) < 4.78 is 28.7. The Kier molecular flexibility index (Phi) is 8.13. The maximum Gasteiger partial charge on any atom is 0.272 e. The Morgan fingerprint density at radius 3 is 1.89 bits per heavy atom. The highest BCUT2D eigenvalue weighted by Gasteiger charge is 2.33. The van der Waals surface area contributed by atoms with Crippen LogP contribution in [0, 0.1) is 0 Å². The van der Waals surface area contributed by atoms with Crippen molar-refractivity contribution in [3.63, 3.8) is 0 Å². The first-order chi connectivity index (χ1) is 17.5. The zero-order valence-corrected chi connectivity index (χ0v) is 21.1. The SMILES string of the molecule is CCCCc1ccc(N(C(=O)/C(=C/c2ccccc2)c2ccccc2)S(=O)(=O)c2ccccc2)cc1. The van der Waals surface area contributed by atoms with Gasteiger partial charge in [-0.15, -0.1) is 0 Å². The summed E-state index contributed by atoms with van der Waals surface area (Å²) in [5.74, 6) is -0.616. The monoisotopic (exact) mass is 495 g/mol. The lowest BCUT2D eigenvalue weighted by molar-refractivity contribution is -0.112. The zero-order valence-electron chi connectivity index (χ0n) is 20.2. The first-order valence-corrected chi connectivity index (χ1v) is 13.5. The molecule has 0 radical (unpaired) electrons. The molecule has 4 aromatic carbocycles. The maximum absolute atomic E-state index is 14.2. The van der Waals surface area contributed by atoms with Gasteiger partial charge >= 0.3 is 0 Å². The van der Waals surface area contributed by atoms with Gasteiger partial charge in [0.05, 0.1) is 10.6 Å². The van der Waals surface area contributed by atoms with Gasteiger partial charge in [0.25, 0.3) is 15.9 Å². The van der Waals surface area contributed by atoms with Crippen molar-refractivity contribution < 1.29 is 13.2 Å². The Balaban J connectivity index is 1.87. The third-order valence-corrected chi connectivity index (χ3v) is 7.61. The Morgan fingerprint density at radius 2 is 1.31 bits per heavy atom. The van der Waals surface area contributed by atoms with Gasteiger partial charge in [-0.2, -0.15) is 4.31 Å². The number of hydrogen-bond acceptors (Lipinski definition) is 3. The van der Waals surface area contributed by atoms with E-state index in [4.69, 9.17) is 0 Å². The molecule has 5 heteroatoms. The maximum atomic E-state index is 14.2. The Labute approximate surface area is 213 Å². The molecule has 4 rings (SSSR count). The summed E-state index contributed by atoms with van der Waals surface area (Å²) in [6.45, 7) is 2.13. The summed E-state index contributed by atoms with van der Waals surface area (Å²) in [5.41, 5.74) is 3.14. The number of hydrogen-bond donors (Lipinski definition) is 0. The van der Waals surface area contributed by atoms with E-state index in [1.165, 1.54) is 12.1 Å². The van der Waals surface area contributed by atoms with E-state index in [0.717, 1.165) is 34.7 Å². The van der Waals surface area contributed by atoms with Gasteiger partial charge in [-0.3, -0.25) is 4.79 Å². The molecule has 0 atom stereocenters. The normalized spacial score (nSPS) is 11.8. The van der Waals surface area contributed by atoms with Crippen molar-refractivity contribution in [3.05, 3.63) is 132 Å². The van der Waals surface area contributed by atoms with Crippen LogP contribution in [0.2, 0.25) is 0 Å². The van der Waals surface area contributed by atoms with Crippen LogP contribution in [0.1, 0.15) is 36.5 Å². The minimum Gasteiger partial charge on any atom is -0.268 e. The van der Waals surface area contributed by atoms with Crippen LogP contribution in [0.3, 0.4) is 0 Å². The minimum atomic E-state index is -4.19. The summed E-state index contributed by atoms with van der Waals surface area (Å²) >= 11 is 0. The van der Waals surface area contributed by atoms with Crippen LogP contribution < -0.4 is 4.31 Å². The number of unbranched alkanes of at least 4 members (excludes halogenated alkanes) is 1. The van der Waals surface area contributed by atoms with Crippen LogP contribution in [0.4, 0.5) is 5.69 Å². The standard InChI is InChI=1S/C31H29NO3S/c1-2-3-13-25-20-22-28(23-21-25)32(36(34,35)29-18-11-6-12-19-29)31(33)30(27-16-9-5-10-17-27)24-26-14-7-4-8-15-26/h4-12,14-24H,2-3,13H2,1H3/b30-24+. The van der Waals surface area contributed by atoms with Gasteiger partial charge in [0.1, 0.15) is 0 Å². The van der Waals surface area contributed by atoms with E-state index in [1.807, 2.05) is 72.8 Å². The molecule has 0 saturated carbocycles. The number of anilines is 1. The lowest BCUT2D eigenvalue weighted by Gasteiger charge is -2.24. The van der Waals surface area contributed by atoms with Gasteiger partial charge in [0.2, 0.25) is 0 Å². The predicted octanol–water partition coefficient (Wildman–Crippen LogP) is 6.99. The first-order valence-electron chi connectivity index (χ1n) is 12.1. The lowest BCUT2D eigenvalue weighted by Crippen LogP contribution is -2.37. The summed E-state index contributed by atoms with van der Waals surface area (Å²) in [7, 11) is -4.19. The molecule has 0 aromatic heterocycles. The first kappa shape index (κ1) is 25.1. The number of nitrogens with zero attached hydrogens (tertiary/aromatic N) is 1. The second-order valence-corrected chi connectivity index (χ2v) is 10.3. The molecule has 4 nitrogen and oxygen atoms in total. The summed E-state index contributed by atoms with van der Waals surface area (Å²) in [6, 6.07) is 33.9. The quantitative estimate of drug-likeness (QED) is 0.186. The lowest BCUT2D eigenvalue weighted by atomic mass is 10.0. The summed E-state index contributed by atoms with van der Waals surface area (Å²) in [5, 5.41) is 0. The molecule has 0 N–H and O–H groups in total. The number of aryl methyl sites for hydroxylation is 1. The van der Waals surface area contributed by atoms with Crippen LogP contribution in [0.15, 0.2) is 120 Å². The molecule has 0 spiro atoms. The third-order valence-electron chi connectivity index (χ3n) is 5.88. The van der Waals surface area contributed by atoms with Gasteiger partial charge in [0, 0.05) is 5.57 Å². The fourth-order valence-electron chi connectivity index (χ4n) is 3.95. The van der Waals surface area contributed by atoms with E-state index >= 15 is 0 Å². The molecular weight excluding hydrogens is 466 g/mol. The molecule has 0 aliphatic carbocycles. The summed E-state index contributed by atoms with van der Waals surface area (Å²) in [6.07, 6.45) is 4.75. The minimum absolute atomic E-state index is 0.0560. The number of benzene rings is 4. The zero-order chi connectivity index (χ0) is 25.4. The highest BCUT2D eigenvalue weighted by atomic mass is 32.2. The van der Waals surface area contributed by atoms with Crippen molar-refractivity contribution in [2.24, 2.45) is 0 Å². The molecular formula is C31H29NO3S. The number of rotatable bonds is 9. The van der Waals surface area contributed by atoms with Crippen LogP contribution in [0.25, 0.3) is 11.6 Å². The predicted molar refractivity (Wildman–Crippen MR) is 147 cm³/mol. The van der Waals surface area contributed by atoms with Gasteiger partial charge in [-0.05, 0) is 59.9 Å². The molecule has 36 heavy (non-hydrogen) atoms. The van der Waals surface area contributed by atoms with Crippen molar-refractivity contribution in [1.82, 2.24) is 0 Å². The second kappa shape index (κ2) is 11.6. The van der Waals surface area contributed by atoms with E-state index in [2.05, 4.69) is 6.92 Å². The molecule has 0 unspecified atom stereocenters. The molecule has 4 aromatic rings. The topological polar surface area (TPSA) is 54.5 Å². The van der Waals surface area contributed by atoms with E-state index in [1.54, 1.807) is 36.4 Å². The second-order valence-electron chi connectivity index (χ2n) is 8.49. The van der Waals surface area contributed by atoms with Gasteiger partial charge in [-0.1, -0.05) is 104 Å². The van der Waals surface area contributed by atoms with E-state index in [-0.39, 0.29) is 10.5 Å². The van der Waals surface area contributed by atoms with Gasteiger partial charge in [-0.25, -0.2) is 8.42 Å². The Hall–Kier alpha value is -3.96. The van der Waals surface area contributed by atoms with Crippen molar-refractivity contribution >= 4 is 33.3 Å². The molecule has 0 bridgehead atoms. The van der Waals surface area contributed by atoms with Crippen LogP contribution in [-0.2, 0) is 21.2 Å². The average molecular weight is 496 g/mol. The smallest absolute Gasteiger partial charge is 0.268 e. The Morgan fingerprint density at radius 1 is 0.750 bits per heavy atom. The number of amides is 1. The Bertz CT molecular complexity index is 1410. The van der Waals surface area contributed by atoms with Gasteiger partial charge in [0.15, 0.2) is 0 Å². The number of carbonyl (C=O) groups is 1. The number of sulfonamides is 1. The van der Waals surface area contributed by atoms with Crippen molar-refractivity contribution in [2.45, 2.75) is 31.1 Å². The molecule has 0 aliphatic rings. The molecule has 0 fully saturated rings. The van der Waals surface area contributed by atoms with E-state index in [0.29, 0.717) is 11.3 Å². The molecule has 0 saturated heterocycles. The fraction of sp³-hybridized carbons (Fsp3) is 0.129. The van der Waals surface area contributed by atoms with Crippen LogP contribution >= 0.6 is 0 Å². The van der Waals surface area contributed by atoms with E-state index < -0.39 is 15.9 Å². The molecule has 0 aliphatic heterocycles. The van der Waals surface area contributed by atoms with Crippen molar-refractivity contribution in [3.8, 4) is 0 Å². The molecule has 1 amide bonds. The van der Waals surface area contributed by atoms with Gasteiger partial charge < -0.3 is 0 Å². The van der Waals surface area contributed by atoms with Crippen molar-refractivity contribution in [1.29, 1.82) is 0 Å². The third kappa shape index (κ3) is 5.81. The molecule has 182 valence electrons. The molecule has 0 heterocycles. The fourth-order valence-corrected chi connectivity index (χ4v) is 5.38. The average Bonchev–Trinajstić information content (AvgIpc) is 2.93. The highest BCUT2D eigenvalue weighted by Crippen LogP contribution is 2.30. The van der Waals surface area contributed by atoms with Crippen molar-refractivity contribution in [2.75, 3.05) is 4.31 Å². The highest BCUT2D eigenvalue weighted by molar-refractivity contribution is 7.93. The largest absolute Gasteiger partial charge is 0.272 e. The van der Waals surface area contributed by atoms with E-state index in [9.17, 15) is 13.2 Å². The number of carbonyl (C=O) groups excluding carboxylic acids is 1. The van der Waals surface area contributed by atoms with Crippen LogP contribution in [-0.4, -0.2) is 14.3 Å².